The van der Waals surface area contributed by atoms with Crippen LogP contribution >= 0.6 is 0 Å². The van der Waals surface area contributed by atoms with Crippen molar-refractivity contribution in [1.82, 2.24) is 4.72 Å². The fraction of sp³-hybridized carbons (Fsp3) is 0.538. The maximum Gasteiger partial charge on any atom is 0.241 e. The summed E-state index contributed by atoms with van der Waals surface area (Å²) in [5.74, 6) is 0. The van der Waals surface area contributed by atoms with Gasteiger partial charge in [-0.25, -0.2) is 13.1 Å². The summed E-state index contributed by atoms with van der Waals surface area (Å²) in [4.78, 5) is 0.276. The average Bonchev–Trinajstić information content (AvgIpc) is 2.27. The third-order valence-corrected chi connectivity index (χ3v) is 4.26. The van der Waals surface area contributed by atoms with Gasteiger partial charge in [0, 0.05) is 6.04 Å². The second-order valence-electron chi connectivity index (χ2n) is 5.45. The molecule has 1 rings (SSSR count). The van der Waals surface area contributed by atoms with Crippen LogP contribution in [0, 0.1) is 0 Å². The Hall–Kier alpha value is -0.910. The first-order valence-electron chi connectivity index (χ1n) is 5.91. The largest absolute Gasteiger partial charge is 0.395 e. The highest BCUT2D eigenvalue weighted by Crippen LogP contribution is 2.28. The highest BCUT2D eigenvalue weighted by Gasteiger charge is 2.25. The molecule has 0 spiro atoms. The topological polar surface area (TPSA) is 66.4 Å². The summed E-state index contributed by atoms with van der Waals surface area (Å²) < 4.78 is 27.0. The van der Waals surface area contributed by atoms with Crippen LogP contribution in [-0.2, 0) is 15.4 Å². The SMILES string of the molecule is C[C@H](CO)NS(=O)(=O)c1ccccc1C(C)(C)C. The third-order valence-electron chi connectivity index (χ3n) is 2.61. The molecule has 0 saturated carbocycles. The summed E-state index contributed by atoms with van der Waals surface area (Å²) in [7, 11) is -3.60. The smallest absolute Gasteiger partial charge is 0.241 e. The van der Waals surface area contributed by atoms with Gasteiger partial charge in [0.15, 0.2) is 0 Å². The van der Waals surface area contributed by atoms with Crippen molar-refractivity contribution in [3.63, 3.8) is 0 Å². The minimum absolute atomic E-state index is 0.225. The van der Waals surface area contributed by atoms with Crippen LogP contribution in [0.4, 0.5) is 0 Å². The molecular weight excluding hydrogens is 250 g/mol. The predicted molar refractivity (Wildman–Crippen MR) is 72.0 cm³/mol. The fourth-order valence-corrected chi connectivity index (χ4v) is 3.34. The molecule has 18 heavy (non-hydrogen) atoms. The summed E-state index contributed by atoms with van der Waals surface area (Å²) >= 11 is 0. The van der Waals surface area contributed by atoms with Gasteiger partial charge in [-0.15, -0.1) is 0 Å². The van der Waals surface area contributed by atoms with Gasteiger partial charge in [-0.2, -0.15) is 0 Å². The quantitative estimate of drug-likeness (QED) is 0.875. The Morgan fingerprint density at radius 3 is 2.33 bits per heavy atom. The molecule has 0 bridgehead atoms. The maximum absolute atomic E-state index is 12.2. The predicted octanol–water partition coefficient (Wildman–Crippen LogP) is 1.64. The van der Waals surface area contributed by atoms with Gasteiger partial charge in [0.05, 0.1) is 11.5 Å². The number of nitrogens with one attached hydrogen (secondary N) is 1. The molecule has 0 amide bonds. The second kappa shape index (κ2) is 5.38. The highest BCUT2D eigenvalue weighted by molar-refractivity contribution is 7.89. The molecule has 1 aromatic carbocycles. The minimum Gasteiger partial charge on any atom is -0.395 e. The Morgan fingerprint density at radius 1 is 1.28 bits per heavy atom. The highest BCUT2D eigenvalue weighted by atomic mass is 32.2. The summed E-state index contributed by atoms with van der Waals surface area (Å²) in [6, 6.07) is 6.44. The number of hydrogen-bond donors (Lipinski definition) is 2. The van der Waals surface area contributed by atoms with Crippen molar-refractivity contribution in [2.45, 2.75) is 44.0 Å². The van der Waals surface area contributed by atoms with E-state index in [-0.39, 0.29) is 16.9 Å². The lowest BCUT2D eigenvalue weighted by atomic mass is 9.87. The Balaban J connectivity index is 3.25. The van der Waals surface area contributed by atoms with Crippen molar-refractivity contribution >= 4 is 10.0 Å². The van der Waals surface area contributed by atoms with Crippen molar-refractivity contribution in [2.75, 3.05) is 6.61 Å². The fourth-order valence-electron chi connectivity index (χ4n) is 1.69. The van der Waals surface area contributed by atoms with Gasteiger partial charge in [-0.3, -0.25) is 0 Å². The zero-order valence-electron chi connectivity index (χ0n) is 11.3. The molecular formula is C13H21NO3S. The van der Waals surface area contributed by atoms with Gasteiger partial charge in [0.25, 0.3) is 0 Å². The molecule has 0 unspecified atom stereocenters. The van der Waals surface area contributed by atoms with Crippen LogP contribution in [0.15, 0.2) is 29.2 Å². The molecule has 102 valence electrons. The molecule has 2 N–H and O–H groups in total. The van der Waals surface area contributed by atoms with Crippen LogP contribution in [-0.4, -0.2) is 26.2 Å². The van der Waals surface area contributed by atoms with E-state index in [1.807, 2.05) is 32.9 Å². The zero-order chi connectivity index (χ0) is 14.0. The molecule has 0 aliphatic rings. The van der Waals surface area contributed by atoms with Crippen molar-refractivity contribution in [3.8, 4) is 0 Å². The van der Waals surface area contributed by atoms with E-state index in [0.29, 0.717) is 0 Å². The number of aliphatic hydroxyl groups excluding tert-OH is 1. The Bertz CT molecular complexity index is 503. The lowest BCUT2D eigenvalue weighted by Crippen LogP contribution is -2.36. The lowest BCUT2D eigenvalue weighted by Gasteiger charge is -2.23. The van der Waals surface area contributed by atoms with E-state index < -0.39 is 16.1 Å². The van der Waals surface area contributed by atoms with Crippen molar-refractivity contribution < 1.29 is 13.5 Å². The number of aliphatic hydroxyl groups is 1. The molecule has 0 heterocycles. The number of hydrogen-bond acceptors (Lipinski definition) is 3. The summed E-state index contributed by atoms with van der Waals surface area (Å²) in [5.41, 5.74) is 0.510. The van der Waals surface area contributed by atoms with Crippen LogP contribution in [0.2, 0.25) is 0 Å². The Labute approximate surface area is 109 Å². The molecule has 0 radical (unpaired) electrons. The van der Waals surface area contributed by atoms with Crippen molar-refractivity contribution in [2.24, 2.45) is 0 Å². The van der Waals surface area contributed by atoms with Gasteiger partial charge in [0.1, 0.15) is 0 Å². The van der Waals surface area contributed by atoms with Gasteiger partial charge in [0.2, 0.25) is 10.0 Å². The van der Waals surface area contributed by atoms with Gasteiger partial charge >= 0.3 is 0 Å². The monoisotopic (exact) mass is 271 g/mol. The third kappa shape index (κ3) is 3.54. The van der Waals surface area contributed by atoms with Crippen LogP contribution in [0.3, 0.4) is 0 Å². The standard InChI is InChI=1S/C13H21NO3S/c1-10(9-15)14-18(16,17)12-8-6-5-7-11(12)13(2,3)4/h5-8,10,14-15H,9H2,1-4H3/t10-/m1/s1. The first-order chi connectivity index (χ1) is 8.18. The molecule has 0 fully saturated rings. The zero-order valence-corrected chi connectivity index (χ0v) is 12.1. The molecule has 0 aliphatic carbocycles. The lowest BCUT2D eigenvalue weighted by molar-refractivity contribution is 0.265. The second-order valence-corrected chi connectivity index (χ2v) is 7.13. The minimum atomic E-state index is -3.60. The van der Waals surface area contributed by atoms with E-state index in [4.69, 9.17) is 5.11 Å². The van der Waals surface area contributed by atoms with Crippen molar-refractivity contribution in [1.29, 1.82) is 0 Å². The van der Waals surface area contributed by atoms with E-state index in [9.17, 15) is 8.42 Å². The number of sulfonamides is 1. The molecule has 5 heteroatoms. The summed E-state index contributed by atoms with van der Waals surface area (Å²) in [5, 5.41) is 8.95. The summed E-state index contributed by atoms with van der Waals surface area (Å²) in [6.45, 7) is 7.30. The number of rotatable bonds is 4. The Morgan fingerprint density at radius 2 is 1.83 bits per heavy atom. The maximum atomic E-state index is 12.2. The van der Waals surface area contributed by atoms with E-state index in [0.717, 1.165) is 5.56 Å². The molecule has 1 atom stereocenters. The van der Waals surface area contributed by atoms with E-state index in [2.05, 4.69) is 4.72 Å². The summed E-state index contributed by atoms with van der Waals surface area (Å²) in [6.07, 6.45) is 0. The van der Waals surface area contributed by atoms with Crippen LogP contribution in [0.5, 0.6) is 0 Å². The van der Waals surface area contributed by atoms with Gasteiger partial charge in [-0.1, -0.05) is 39.0 Å². The molecule has 0 aromatic heterocycles. The molecule has 0 saturated heterocycles. The molecule has 4 nitrogen and oxygen atoms in total. The first kappa shape index (κ1) is 15.1. The number of benzene rings is 1. The molecule has 1 aromatic rings. The van der Waals surface area contributed by atoms with Crippen LogP contribution < -0.4 is 4.72 Å². The normalized spacial score (nSPS) is 14.5. The van der Waals surface area contributed by atoms with Gasteiger partial charge < -0.3 is 5.11 Å². The van der Waals surface area contributed by atoms with Crippen LogP contribution in [0.25, 0.3) is 0 Å². The average molecular weight is 271 g/mol. The Kier molecular flexibility index (Phi) is 4.53. The van der Waals surface area contributed by atoms with E-state index in [1.165, 1.54) is 0 Å². The van der Waals surface area contributed by atoms with E-state index in [1.54, 1.807) is 19.1 Å². The van der Waals surface area contributed by atoms with Crippen LogP contribution in [0.1, 0.15) is 33.3 Å². The molecule has 0 aliphatic heterocycles. The van der Waals surface area contributed by atoms with Gasteiger partial charge in [-0.05, 0) is 24.0 Å². The van der Waals surface area contributed by atoms with E-state index >= 15 is 0 Å². The first-order valence-corrected chi connectivity index (χ1v) is 7.39. The van der Waals surface area contributed by atoms with Crippen molar-refractivity contribution in [3.05, 3.63) is 29.8 Å².